The highest BCUT2D eigenvalue weighted by Gasteiger charge is 2.33. The highest BCUT2D eigenvalue weighted by atomic mass is 35.5. The van der Waals surface area contributed by atoms with E-state index in [0.717, 1.165) is 13.1 Å². The molecule has 2 aliphatic heterocycles. The summed E-state index contributed by atoms with van der Waals surface area (Å²) in [5, 5.41) is 3.51. The average Bonchev–Trinajstić information content (AvgIpc) is 2.71. The third kappa shape index (κ3) is 5.64. The topological polar surface area (TPSA) is 69.7 Å². The van der Waals surface area contributed by atoms with Crippen LogP contribution in [0.2, 0.25) is 10.0 Å². The summed E-state index contributed by atoms with van der Waals surface area (Å²) in [7, 11) is -3.72. The molecule has 9 heteroatoms. The van der Waals surface area contributed by atoms with Crippen molar-refractivity contribution in [2.24, 2.45) is 5.92 Å². The second-order valence-corrected chi connectivity index (χ2v) is 10.7. The van der Waals surface area contributed by atoms with E-state index in [1.807, 2.05) is 0 Å². The zero-order chi connectivity index (χ0) is 21.0. The summed E-state index contributed by atoms with van der Waals surface area (Å²) in [6, 6.07) is 5.00. The number of amides is 1. The fraction of sp³-hybridized carbons (Fsp3) is 0.650. The van der Waals surface area contributed by atoms with Crippen molar-refractivity contribution in [2.45, 2.75) is 50.0 Å². The van der Waals surface area contributed by atoms with Gasteiger partial charge in [-0.2, -0.15) is 4.31 Å². The van der Waals surface area contributed by atoms with Gasteiger partial charge in [-0.05, 0) is 57.4 Å². The van der Waals surface area contributed by atoms with E-state index in [1.165, 1.54) is 35.7 Å². The van der Waals surface area contributed by atoms with Gasteiger partial charge >= 0.3 is 0 Å². The predicted octanol–water partition coefficient (Wildman–Crippen LogP) is 3.38. The minimum absolute atomic E-state index is 0.0187. The van der Waals surface area contributed by atoms with E-state index in [2.05, 4.69) is 17.1 Å². The Labute approximate surface area is 183 Å². The van der Waals surface area contributed by atoms with Gasteiger partial charge in [-0.3, -0.25) is 9.69 Å². The third-order valence-corrected chi connectivity index (χ3v) is 8.59. The summed E-state index contributed by atoms with van der Waals surface area (Å²) in [5.74, 6) is -0.137. The molecule has 2 saturated heterocycles. The number of piperidine rings is 2. The van der Waals surface area contributed by atoms with Crippen LogP contribution < -0.4 is 5.32 Å². The maximum Gasteiger partial charge on any atom is 0.244 e. The smallest absolute Gasteiger partial charge is 0.244 e. The van der Waals surface area contributed by atoms with Crippen molar-refractivity contribution in [3.63, 3.8) is 0 Å². The number of nitrogens with one attached hydrogen (secondary N) is 1. The quantitative estimate of drug-likeness (QED) is 0.704. The molecule has 2 heterocycles. The number of carbonyl (C=O) groups excluding carboxylic acids is 1. The van der Waals surface area contributed by atoms with Crippen molar-refractivity contribution in [3.05, 3.63) is 28.2 Å². The van der Waals surface area contributed by atoms with Crippen molar-refractivity contribution in [1.29, 1.82) is 0 Å². The first-order valence-electron chi connectivity index (χ1n) is 10.3. The molecule has 0 saturated carbocycles. The van der Waals surface area contributed by atoms with Gasteiger partial charge in [0.15, 0.2) is 0 Å². The van der Waals surface area contributed by atoms with E-state index in [4.69, 9.17) is 23.2 Å². The predicted molar refractivity (Wildman–Crippen MR) is 116 cm³/mol. The minimum atomic E-state index is -3.72. The zero-order valence-electron chi connectivity index (χ0n) is 16.7. The summed E-state index contributed by atoms with van der Waals surface area (Å²) in [6.07, 6.45) is 4.73. The Morgan fingerprint density at radius 2 is 1.86 bits per heavy atom. The molecule has 1 N–H and O–H groups in total. The fourth-order valence-corrected chi connectivity index (χ4v) is 6.34. The number of halogens is 2. The molecule has 0 radical (unpaired) electrons. The lowest BCUT2D eigenvalue weighted by Gasteiger charge is -2.34. The molecule has 1 aromatic carbocycles. The first-order chi connectivity index (χ1) is 13.8. The Bertz CT molecular complexity index is 826. The first-order valence-corrected chi connectivity index (χ1v) is 12.5. The van der Waals surface area contributed by atoms with Crippen LogP contribution in [0.4, 0.5) is 0 Å². The molecule has 0 bridgehead atoms. The van der Waals surface area contributed by atoms with Gasteiger partial charge in [0.05, 0.1) is 5.02 Å². The number of hydrogen-bond acceptors (Lipinski definition) is 4. The van der Waals surface area contributed by atoms with Gasteiger partial charge in [-0.15, -0.1) is 0 Å². The molecule has 29 heavy (non-hydrogen) atoms. The van der Waals surface area contributed by atoms with Crippen LogP contribution in [0.25, 0.3) is 0 Å². The van der Waals surface area contributed by atoms with E-state index in [-0.39, 0.29) is 21.7 Å². The summed E-state index contributed by atoms with van der Waals surface area (Å²) in [5.41, 5.74) is 0. The maximum absolute atomic E-state index is 12.9. The lowest BCUT2D eigenvalue weighted by molar-refractivity contribution is -0.126. The molecule has 0 aliphatic carbocycles. The molecule has 162 valence electrons. The molecule has 1 aromatic rings. The number of likely N-dealkylation sites (tertiary alicyclic amines) is 1. The lowest BCUT2D eigenvalue weighted by Crippen LogP contribution is -2.46. The van der Waals surface area contributed by atoms with Crippen LogP contribution >= 0.6 is 23.2 Å². The van der Waals surface area contributed by atoms with Gasteiger partial charge in [-0.1, -0.05) is 29.6 Å². The maximum atomic E-state index is 12.9. The second kappa shape index (κ2) is 9.96. The summed E-state index contributed by atoms with van der Waals surface area (Å²) in [4.78, 5) is 15.0. The van der Waals surface area contributed by atoms with Gasteiger partial charge in [0, 0.05) is 43.2 Å². The van der Waals surface area contributed by atoms with Gasteiger partial charge in [-0.25, -0.2) is 8.42 Å². The van der Waals surface area contributed by atoms with E-state index < -0.39 is 10.0 Å². The number of benzene rings is 1. The number of hydrogen-bond donors (Lipinski definition) is 1. The van der Waals surface area contributed by atoms with Gasteiger partial charge in [0.1, 0.15) is 4.90 Å². The largest absolute Gasteiger partial charge is 0.355 e. The Kier molecular flexibility index (Phi) is 7.84. The standard InChI is InChI=1S/C20H29Cl2N3O3S/c1-15-4-2-3-10-24(15)13-9-23-20(26)16-7-11-25(12-8-16)29(27,28)19-14-17(21)5-6-18(19)22/h5-6,14-16H,2-4,7-13H2,1H3,(H,23,26). The summed E-state index contributed by atoms with van der Waals surface area (Å²) in [6.45, 7) is 5.44. The number of carbonyl (C=O) groups is 1. The van der Waals surface area contributed by atoms with Crippen LogP contribution in [-0.2, 0) is 14.8 Å². The van der Waals surface area contributed by atoms with Gasteiger partial charge < -0.3 is 5.32 Å². The van der Waals surface area contributed by atoms with E-state index in [1.54, 1.807) is 6.07 Å². The molecular weight excluding hydrogens is 433 g/mol. The Hall–Kier alpha value is -0.860. The van der Waals surface area contributed by atoms with Crippen molar-refractivity contribution >= 4 is 39.1 Å². The van der Waals surface area contributed by atoms with Crippen LogP contribution in [0.1, 0.15) is 39.0 Å². The van der Waals surface area contributed by atoms with Crippen molar-refractivity contribution in [1.82, 2.24) is 14.5 Å². The fourth-order valence-electron chi connectivity index (χ4n) is 4.13. The van der Waals surface area contributed by atoms with Crippen LogP contribution in [-0.4, -0.2) is 62.3 Å². The Morgan fingerprint density at radius 1 is 1.14 bits per heavy atom. The highest BCUT2D eigenvalue weighted by molar-refractivity contribution is 7.89. The van der Waals surface area contributed by atoms with Crippen LogP contribution in [0, 0.1) is 5.92 Å². The van der Waals surface area contributed by atoms with Crippen LogP contribution in [0.15, 0.2) is 23.1 Å². The molecule has 3 rings (SSSR count). The SMILES string of the molecule is CC1CCCCN1CCNC(=O)C1CCN(S(=O)(=O)c2cc(Cl)ccc2Cl)CC1. The molecule has 6 nitrogen and oxygen atoms in total. The molecule has 0 aromatic heterocycles. The normalized spacial score (nSPS) is 22.5. The van der Waals surface area contributed by atoms with E-state index in [0.29, 0.717) is 43.5 Å². The van der Waals surface area contributed by atoms with Crippen molar-refractivity contribution in [3.8, 4) is 0 Å². The molecular formula is C20H29Cl2N3O3S. The Morgan fingerprint density at radius 3 is 2.55 bits per heavy atom. The van der Waals surface area contributed by atoms with E-state index >= 15 is 0 Å². The van der Waals surface area contributed by atoms with Gasteiger partial charge in [0.25, 0.3) is 0 Å². The van der Waals surface area contributed by atoms with E-state index in [9.17, 15) is 13.2 Å². The third-order valence-electron chi connectivity index (χ3n) is 5.97. The molecule has 2 aliphatic rings. The summed E-state index contributed by atoms with van der Waals surface area (Å²) < 4.78 is 27.2. The number of sulfonamides is 1. The van der Waals surface area contributed by atoms with Crippen LogP contribution in [0.3, 0.4) is 0 Å². The second-order valence-electron chi connectivity index (χ2n) is 7.92. The lowest BCUT2D eigenvalue weighted by atomic mass is 9.97. The summed E-state index contributed by atoms with van der Waals surface area (Å²) >= 11 is 12.0. The molecule has 0 spiro atoms. The Balaban J connectivity index is 1.49. The molecule has 2 fully saturated rings. The van der Waals surface area contributed by atoms with Gasteiger partial charge in [0.2, 0.25) is 15.9 Å². The van der Waals surface area contributed by atoms with Crippen molar-refractivity contribution in [2.75, 3.05) is 32.7 Å². The highest BCUT2D eigenvalue weighted by Crippen LogP contribution is 2.30. The van der Waals surface area contributed by atoms with Crippen molar-refractivity contribution < 1.29 is 13.2 Å². The molecule has 1 unspecified atom stereocenters. The monoisotopic (exact) mass is 461 g/mol. The number of rotatable bonds is 6. The van der Waals surface area contributed by atoms with Crippen LogP contribution in [0.5, 0.6) is 0 Å². The molecule has 1 amide bonds. The number of nitrogens with zero attached hydrogens (tertiary/aromatic N) is 2. The molecule has 1 atom stereocenters. The first kappa shape index (κ1) is 22.8. The minimum Gasteiger partial charge on any atom is -0.355 e. The zero-order valence-corrected chi connectivity index (χ0v) is 19.1. The average molecular weight is 462 g/mol.